The Labute approximate surface area is 98.0 Å². The average molecular weight is 233 g/mol. The lowest BCUT2D eigenvalue weighted by Gasteiger charge is -2.05. The van der Waals surface area contributed by atoms with Gasteiger partial charge in [0.05, 0.1) is 10.7 Å². The largest absolute Gasteiger partial charge is 0.410 e. The molecule has 0 aliphatic carbocycles. The molecule has 2 aromatic rings. The molecule has 0 unspecified atom stereocenters. The zero-order valence-electron chi connectivity index (χ0n) is 8.34. The lowest BCUT2D eigenvalue weighted by Crippen LogP contribution is -2.06. The molecule has 0 aliphatic rings. The maximum absolute atomic E-state index is 9.05. The minimum atomic E-state index is 0.367. The summed E-state index contributed by atoms with van der Waals surface area (Å²) < 4.78 is 0. The van der Waals surface area contributed by atoms with Crippen molar-refractivity contribution in [2.24, 2.45) is 5.16 Å². The van der Waals surface area contributed by atoms with E-state index in [2.05, 4.69) is 10.1 Å². The molecule has 80 valence electrons. The molecule has 2 rings (SSSR count). The van der Waals surface area contributed by atoms with E-state index >= 15 is 0 Å². The first kappa shape index (κ1) is 10.6. The third-order valence-corrected chi connectivity index (χ3v) is 2.47. The molecule has 1 heterocycles. The fourth-order valence-electron chi connectivity index (χ4n) is 1.40. The monoisotopic (exact) mass is 232 g/mol. The molecule has 0 bridgehead atoms. The Balaban J connectivity index is 2.51. The van der Waals surface area contributed by atoms with Crippen LogP contribution in [0.15, 0.2) is 53.8 Å². The molecule has 16 heavy (non-hydrogen) atoms. The first-order chi connectivity index (χ1) is 7.83. The van der Waals surface area contributed by atoms with Crippen LogP contribution in [0.2, 0.25) is 5.02 Å². The highest BCUT2D eigenvalue weighted by molar-refractivity contribution is 6.35. The number of hydrogen-bond donors (Lipinski definition) is 1. The molecule has 1 aromatic carbocycles. The first-order valence-corrected chi connectivity index (χ1v) is 5.09. The molecule has 0 fully saturated rings. The van der Waals surface area contributed by atoms with E-state index in [9.17, 15) is 0 Å². The molecule has 1 N–H and O–H groups in total. The highest BCUT2D eigenvalue weighted by atomic mass is 35.5. The number of hydrogen-bond acceptors (Lipinski definition) is 3. The summed E-state index contributed by atoms with van der Waals surface area (Å²) in [6, 6.07) is 12.6. The third-order valence-electron chi connectivity index (χ3n) is 2.14. The Morgan fingerprint density at radius 1 is 1.12 bits per heavy atom. The van der Waals surface area contributed by atoms with E-state index in [0.717, 1.165) is 0 Å². The van der Waals surface area contributed by atoms with Gasteiger partial charge in [0.25, 0.3) is 0 Å². The Kier molecular flexibility index (Phi) is 3.17. The number of oxime groups is 1. The van der Waals surface area contributed by atoms with Gasteiger partial charge in [-0.1, -0.05) is 41.0 Å². The number of nitrogens with zero attached hydrogens (tertiary/aromatic N) is 2. The van der Waals surface area contributed by atoms with Gasteiger partial charge in [0.1, 0.15) is 5.71 Å². The predicted molar refractivity (Wildman–Crippen MR) is 63.1 cm³/mol. The highest BCUT2D eigenvalue weighted by Gasteiger charge is 2.11. The van der Waals surface area contributed by atoms with E-state index in [1.807, 2.05) is 18.2 Å². The molecule has 3 nitrogen and oxygen atoms in total. The number of benzene rings is 1. The van der Waals surface area contributed by atoms with Crippen molar-refractivity contribution in [2.45, 2.75) is 0 Å². The van der Waals surface area contributed by atoms with Crippen molar-refractivity contribution in [2.75, 3.05) is 0 Å². The fraction of sp³-hybridized carbons (Fsp3) is 0. The van der Waals surface area contributed by atoms with Crippen molar-refractivity contribution < 1.29 is 5.21 Å². The van der Waals surface area contributed by atoms with Gasteiger partial charge in [-0.15, -0.1) is 0 Å². The summed E-state index contributed by atoms with van der Waals surface area (Å²) in [5, 5.41) is 12.8. The summed E-state index contributed by atoms with van der Waals surface area (Å²) in [6.45, 7) is 0. The van der Waals surface area contributed by atoms with Gasteiger partial charge in [-0.3, -0.25) is 4.98 Å². The van der Waals surface area contributed by atoms with Gasteiger partial charge in [-0.05, 0) is 18.2 Å². The average Bonchev–Trinajstić information content (AvgIpc) is 2.34. The van der Waals surface area contributed by atoms with Crippen LogP contribution in [-0.4, -0.2) is 15.9 Å². The topological polar surface area (TPSA) is 45.5 Å². The van der Waals surface area contributed by atoms with Gasteiger partial charge >= 0.3 is 0 Å². The Morgan fingerprint density at radius 2 is 1.88 bits per heavy atom. The number of rotatable bonds is 2. The van der Waals surface area contributed by atoms with E-state index in [0.29, 0.717) is 22.0 Å². The highest BCUT2D eigenvalue weighted by Crippen LogP contribution is 2.18. The van der Waals surface area contributed by atoms with Crippen molar-refractivity contribution in [1.82, 2.24) is 4.98 Å². The van der Waals surface area contributed by atoms with Crippen LogP contribution in [-0.2, 0) is 0 Å². The van der Waals surface area contributed by atoms with Crippen molar-refractivity contribution >= 4 is 17.3 Å². The summed E-state index contributed by atoms with van der Waals surface area (Å²) in [6.07, 6.45) is 1.64. The van der Waals surface area contributed by atoms with Gasteiger partial charge in [-0.2, -0.15) is 0 Å². The molecule has 0 aliphatic heterocycles. The summed E-state index contributed by atoms with van der Waals surface area (Å²) in [4.78, 5) is 4.12. The molecular weight excluding hydrogens is 224 g/mol. The zero-order valence-corrected chi connectivity index (χ0v) is 9.09. The van der Waals surface area contributed by atoms with Crippen molar-refractivity contribution in [3.63, 3.8) is 0 Å². The lowest BCUT2D eigenvalue weighted by molar-refractivity contribution is 0.319. The summed E-state index contributed by atoms with van der Waals surface area (Å²) in [7, 11) is 0. The van der Waals surface area contributed by atoms with Crippen LogP contribution in [0.1, 0.15) is 11.3 Å². The van der Waals surface area contributed by atoms with E-state index in [4.69, 9.17) is 16.8 Å². The maximum atomic E-state index is 9.05. The molecule has 0 saturated heterocycles. The number of pyridine rings is 1. The molecule has 0 spiro atoms. The van der Waals surface area contributed by atoms with Crippen LogP contribution in [0.5, 0.6) is 0 Å². The Morgan fingerprint density at radius 3 is 2.50 bits per heavy atom. The molecule has 1 aromatic heterocycles. The Bertz CT molecular complexity index is 511. The molecule has 0 atom stereocenters. The van der Waals surface area contributed by atoms with Gasteiger partial charge in [0.15, 0.2) is 0 Å². The second-order valence-corrected chi connectivity index (χ2v) is 3.55. The minimum absolute atomic E-state index is 0.367. The third kappa shape index (κ3) is 2.04. The molecule has 0 saturated carbocycles. The first-order valence-electron chi connectivity index (χ1n) is 4.71. The molecular formula is C12H9ClN2O. The smallest absolute Gasteiger partial charge is 0.136 e. The molecule has 0 radical (unpaired) electrons. The van der Waals surface area contributed by atoms with E-state index in [-0.39, 0.29) is 0 Å². The van der Waals surface area contributed by atoms with Crippen LogP contribution in [0, 0.1) is 0 Å². The number of halogens is 1. The normalized spacial score (nSPS) is 11.4. The molecule has 4 heteroatoms. The quantitative estimate of drug-likeness (QED) is 0.492. The minimum Gasteiger partial charge on any atom is -0.410 e. The second kappa shape index (κ2) is 4.77. The number of aromatic nitrogens is 1. The maximum Gasteiger partial charge on any atom is 0.136 e. The van der Waals surface area contributed by atoms with Crippen molar-refractivity contribution in [3.05, 3.63) is 64.9 Å². The zero-order chi connectivity index (χ0) is 11.4. The standard InChI is InChI=1S/C12H9ClN2O/c13-10-6-2-1-5-9(10)12(15-16)11-7-3-4-8-14-11/h1-8,16H/b15-12-. The molecule has 0 amide bonds. The van der Waals surface area contributed by atoms with Crippen molar-refractivity contribution in [3.8, 4) is 0 Å². The van der Waals surface area contributed by atoms with Crippen LogP contribution in [0.25, 0.3) is 0 Å². The van der Waals surface area contributed by atoms with Crippen LogP contribution in [0.3, 0.4) is 0 Å². The van der Waals surface area contributed by atoms with Crippen LogP contribution < -0.4 is 0 Å². The summed E-state index contributed by atoms with van der Waals surface area (Å²) in [5.41, 5.74) is 1.61. The SMILES string of the molecule is O/N=C(\c1ccccn1)c1ccccc1Cl. The Hall–Kier alpha value is -1.87. The van der Waals surface area contributed by atoms with E-state index in [1.165, 1.54) is 0 Å². The summed E-state index contributed by atoms with van der Waals surface area (Å²) in [5.74, 6) is 0. The van der Waals surface area contributed by atoms with Gasteiger partial charge in [0, 0.05) is 11.8 Å². The van der Waals surface area contributed by atoms with Gasteiger partial charge in [0.2, 0.25) is 0 Å². The summed E-state index contributed by atoms with van der Waals surface area (Å²) >= 11 is 6.03. The fourth-order valence-corrected chi connectivity index (χ4v) is 1.62. The van der Waals surface area contributed by atoms with Crippen LogP contribution >= 0.6 is 11.6 Å². The predicted octanol–water partition coefficient (Wildman–Crippen LogP) is 2.96. The van der Waals surface area contributed by atoms with Crippen molar-refractivity contribution in [1.29, 1.82) is 0 Å². The lowest BCUT2D eigenvalue weighted by atomic mass is 10.1. The van der Waals surface area contributed by atoms with Crippen LogP contribution in [0.4, 0.5) is 0 Å². The van der Waals surface area contributed by atoms with Gasteiger partial charge in [-0.25, -0.2) is 0 Å². The second-order valence-electron chi connectivity index (χ2n) is 3.14. The van der Waals surface area contributed by atoms with Gasteiger partial charge < -0.3 is 5.21 Å². The van der Waals surface area contributed by atoms with E-state index in [1.54, 1.807) is 30.5 Å². The van der Waals surface area contributed by atoms with E-state index < -0.39 is 0 Å².